The molecule has 22 heavy (non-hydrogen) atoms. The van der Waals surface area contributed by atoms with E-state index in [1.165, 1.54) is 11.3 Å². The predicted molar refractivity (Wildman–Crippen MR) is 88.3 cm³/mol. The Morgan fingerprint density at radius 3 is 2.82 bits per heavy atom. The van der Waals surface area contributed by atoms with Crippen LogP contribution in [0.5, 0.6) is 0 Å². The first-order valence-electron chi connectivity index (χ1n) is 6.95. The molecule has 0 saturated heterocycles. The normalized spacial score (nSPS) is 10.7. The van der Waals surface area contributed by atoms with Crippen molar-refractivity contribution in [3.8, 4) is 10.6 Å². The van der Waals surface area contributed by atoms with Gasteiger partial charge in [0.25, 0.3) is 5.91 Å². The molecule has 0 aromatic carbocycles. The number of thiophene rings is 1. The van der Waals surface area contributed by atoms with Crippen molar-refractivity contribution in [2.75, 3.05) is 6.54 Å². The summed E-state index contributed by atoms with van der Waals surface area (Å²) >= 11 is 2.96. The van der Waals surface area contributed by atoms with Crippen molar-refractivity contribution >= 4 is 34.6 Å². The largest absolute Gasteiger partial charge is 0.463 e. The second-order valence-corrected chi connectivity index (χ2v) is 6.77. The van der Waals surface area contributed by atoms with Crippen LogP contribution in [0.15, 0.2) is 16.8 Å². The summed E-state index contributed by atoms with van der Waals surface area (Å²) in [6.45, 7) is 5.66. The van der Waals surface area contributed by atoms with Crippen LogP contribution in [0.2, 0.25) is 0 Å². The Morgan fingerprint density at radius 2 is 2.18 bits per heavy atom. The standard InChI is InChI=1S/C15H18N2O3S2/c1-9(2)20-12(18)4-6-16-14(19)13-10(3)17-15(22-13)11-5-7-21-8-11/h5,7-9H,4,6H2,1-3H3,(H,16,19). The van der Waals surface area contributed by atoms with Crippen LogP contribution in [-0.2, 0) is 9.53 Å². The number of hydrogen-bond acceptors (Lipinski definition) is 6. The molecule has 7 heteroatoms. The first-order valence-corrected chi connectivity index (χ1v) is 8.71. The fourth-order valence-electron chi connectivity index (χ4n) is 1.80. The molecule has 1 N–H and O–H groups in total. The number of hydrogen-bond donors (Lipinski definition) is 1. The molecule has 0 spiro atoms. The lowest BCUT2D eigenvalue weighted by molar-refractivity contribution is -0.147. The molecule has 0 aliphatic heterocycles. The van der Waals surface area contributed by atoms with Gasteiger partial charge in [-0.05, 0) is 32.2 Å². The van der Waals surface area contributed by atoms with Crippen LogP contribution in [0.25, 0.3) is 10.6 Å². The molecule has 2 aromatic heterocycles. The average molecular weight is 338 g/mol. The molecule has 0 fully saturated rings. The maximum atomic E-state index is 12.2. The third-order valence-electron chi connectivity index (χ3n) is 2.75. The summed E-state index contributed by atoms with van der Waals surface area (Å²) < 4.78 is 5.02. The van der Waals surface area contributed by atoms with E-state index in [1.54, 1.807) is 25.2 Å². The summed E-state index contributed by atoms with van der Waals surface area (Å²) in [4.78, 5) is 28.6. The van der Waals surface area contributed by atoms with Gasteiger partial charge in [0, 0.05) is 17.5 Å². The lowest BCUT2D eigenvalue weighted by Crippen LogP contribution is -2.27. The van der Waals surface area contributed by atoms with Gasteiger partial charge in [-0.2, -0.15) is 11.3 Å². The molecule has 0 aliphatic carbocycles. The number of aromatic nitrogens is 1. The zero-order chi connectivity index (χ0) is 16.1. The average Bonchev–Trinajstić information content (AvgIpc) is 3.06. The maximum absolute atomic E-state index is 12.2. The summed E-state index contributed by atoms with van der Waals surface area (Å²) in [6.07, 6.45) is 0.0270. The Balaban J connectivity index is 1.92. The van der Waals surface area contributed by atoms with E-state index in [9.17, 15) is 9.59 Å². The number of carbonyl (C=O) groups excluding carboxylic acids is 2. The van der Waals surface area contributed by atoms with E-state index in [0.717, 1.165) is 10.6 Å². The molecule has 5 nitrogen and oxygen atoms in total. The van der Waals surface area contributed by atoms with Crippen molar-refractivity contribution in [3.05, 3.63) is 27.4 Å². The van der Waals surface area contributed by atoms with Crippen LogP contribution in [0.3, 0.4) is 0 Å². The second kappa shape index (κ2) is 7.51. The number of amides is 1. The number of esters is 1. The molecule has 2 aromatic rings. The van der Waals surface area contributed by atoms with Gasteiger partial charge < -0.3 is 10.1 Å². The van der Waals surface area contributed by atoms with Crippen molar-refractivity contribution in [3.63, 3.8) is 0 Å². The molecule has 0 aliphatic rings. The minimum absolute atomic E-state index is 0.139. The van der Waals surface area contributed by atoms with E-state index >= 15 is 0 Å². The number of aryl methyl sites for hydroxylation is 1. The van der Waals surface area contributed by atoms with Crippen molar-refractivity contribution in [1.82, 2.24) is 10.3 Å². The van der Waals surface area contributed by atoms with Crippen molar-refractivity contribution in [2.24, 2.45) is 0 Å². The fraction of sp³-hybridized carbons (Fsp3) is 0.400. The molecular formula is C15H18N2O3S2. The summed E-state index contributed by atoms with van der Waals surface area (Å²) in [5.74, 6) is -0.510. The minimum atomic E-state index is -0.310. The van der Waals surface area contributed by atoms with Gasteiger partial charge in [-0.3, -0.25) is 9.59 Å². The highest BCUT2D eigenvalue weighted by molar-refractivity contribution is 7.17. The predicted octanol–water partition coefficient (Wildman–Crippen LogP) is 3.25. The van der Waals surface area contributed by atoms with Gasteiger partial charge in [0.1, 0.15) is 9.88 Å². The molecular weight excluding hydrogens is 320 g/mol. The summed E-state index contributed by atoms with van der Waals surface area (Å²) in [5, 5.41) is 7.55. The SMILES string of the molecule is Cc1nc(-c2ccsc2)sc1C(=O)NCCC(=O)OC(C)C. The maximum Gasteiger partial charge on any atom is 0.307 e. The van der Waals surface area contributed by atoms with Gasteiger partial charge in [-0.15, -0.1) is 11.3 Å². The van der Waals surface area contributed by atoms with E-state index in [0.29, 0.717) is 10.6 Å². The quantitative estimate of drug-likeness (QED) is 0.821. The van der Waals surface area contributed by atoms with Gasteiger partial charge in [0.2, 0.25) is 0 Å². The highest BCUT2D eigenvalue weighted by atomic mass is 32.1. The van der Waals surface area contributed by atoms with E-state index < -0.39 is 0 Å². The van der Waals surface area contributed by atoms with Gasteiger partial charge in [0.15, 0.2) is 0 Å². The van der Waals surface area contributed by atoms with Crippen LogP contribution in [0.4, 0.5) is 0 Å². The Labute approximate surface area is 137 Å². The Bertz CT molecular complexity index is 648. The van der Waals surface area contributed by atoms with E-state index in [2.05, 4.69) is 10.3 Å². The van der Waals surface area contributed by atoms with Crippen LogP contribution < -0.4 is 5.32 Å². The molecule has 0 bridgehead atoms. The van der Waals surface area contributed by atoms with Crippen LogP contribution in [0, 0.1) is 6.92 Å². The highest BCUT2D eigenvalue weighted by Gasteiger charge is 2.16. The third kappa shape index (κ3) is 4.38. The number of rotatable bonds is 6. The Hall–Kier alpha value is -1.73. The number of ether oxygens (including phenoxy) is 1. The fourth-order valence-corrected chi connectivity index (χ4v) is 3.49. The van der Waals surface area contributed by atoms with E-state index in [4.69, 9.17) is 4.74 Å². The number of nitrogens with zero attached hydrogens (tertiary/aromatic N) is 1. The molecule has 1 amide bonds. The van der Waals surface area contributed by atoms with Crippen LogP contribution in [0.1, 0.15) is 35.6 Å². The number of thiazole rings is 1. The molecule has 118 valence electrons. The van der Waals surface area contributed by atoms with Gasteiger partial charge in [0.05, 0.1) is 18.2 Å². The second-order valence-electron chi connectivity index (χ2n) is 4.99. The van der Waals surface area contributed by atoms with E-state index in [-0.39, 0.29) is 30.9 Å². The lowest BCUT2D eigenvalue weighted by atomic mass is 10.3. The molecule has 2 rings (SSSR count). The molecule has 0 saturated carbocycles. The topological polar surface area (TPSA) is 68.3 Å². The summed E-state index contributed by atoms with van der Waals surface area (Å²) in [7, 11) is 0. The zero-order valence-electron chi connectivity index (χ0n) is 12.7. The Morgan fingerprint density at radius 1 is 1.41 bits per heavy atom. The number of carbonyl (C=O) groups is 2. The molecule has 0 atom stereocenters. The summed E-state index contributed by atoms with van der Waals surface area (Å²) in [6, 6.07) is 1.98. The smallest absolute Gasteiger partial charge is 0.307 e. The van der Waals surface area contributed by atoms with Crippen LogP contribution in [-0.4, -0.2) is 29.5 Å². The van der Waals surface area contributed by atoms with Crippen molar-refractivity contribution in [1.29, 1.82) is 0 Å². The van der Waals surface area contributed by atoms with Gasteiger partial charge in [-0.1, -0.05) is 0 Å². The monoisotopic (exact) mass is 338 g/mol. The minimum Gasteiger partial charge on any atom is -0.463 e. The first-order chi connectivity index (χ1) is 10.5. The third-order valence-corrected chi connectivity index (χ3v) is 4.64. The Kier molecular flexibility index (Phi) is 5.68. The summed E-state index contributed by atoms with van der Waals surface area (Å²) in [5.41, 5.74) is 1.73. The highest BCUT2D eigenvalue weighted by Crippen LogP contribution is 2.29. The zero-order valence-corrected chi connectivity index (χ0v) is 14.3. The lowest BCUT2D eigenvalue weighted by Gasteiger charge is -2.08. The molecule has 2 heterocycles. The van der Waals surface area contributed by atoms with Crippen molar-refractivity contribution in [2.45, 2.75) is 33.3 Å². The van der Waals surface area contributed by atoms with Crippen LogP contribution >= 0.6 is 22.7 Å². The van der Waals surface area contributed by atoms with Crippen molar-refractivity contribution < 1.29 is 14.3 Å². The van der Waals surface area contributed by atoms with Gasteiger partial charge in [-0.25, -0.2) is 4.98 Å². The van der Waals surface area contributed by atoms with Gasteiger partial charge >= 0.3 is 5.97 Å². The first kappa shape index (κ1) is 16.6. The molecule has 0 radical (unpaired) electrons. The van der Waals surface area contributed by atoms with E-state index in [1.807, 2.05) is 23.8 Å². The molecule has 0 unspecified atom stereocenters. The number of nitrogens with one attached hydrogen (secondary N) is 1.